The molecule has 6 heteroatoms. The van der Waals surface area contributed by atoms with E-state index in [1.54, 1.807) is 24.4 Å². The van der Waals surface area contributed by atoms with Gasteiger partial charge in [0, 0.05) is 11.5 Å². The number of rotatable bonds is 6. The molecule has 0 amide bonds. The second-order valence-corrected chi connectivity index (χ2v) is 8.64. The molecule has 0 unspecified atom stereocenters. The van der Waals surface area contributed by atoms with Crippen LogP contribution < -0.4 is 10.3 Å². The highest BCUT2D eigenvalue weighted by Crippen LogP contribution is 2.31. The minimum atomic E-state index is -0.278. The predicted molar refractivity (Wildman–Crippen MR) is 132 cm³/mol. The van der Waals surface area contributed by atoms with Gasteiger partial charge in [-0.2, -0.15) is 9.78 Å². The molecule has 4 aromatic rings. The number of hydrogen-bond donors (Lipinski definition) is 0. The van der Waals surface area contributed by atoms with E-state index in [0.717, 1.165) is 42.6 Å². The highest BCUT2D eigenvalue weighted by Gasteiger charge is 2.22. The van der Waals surface area contributed by atoms with Gasteiger partial charge < -0.3 is 4.74 Å². The Bertz CT molecular complexity index is 1370. The third kappa shape index (κ3) is 4.76. The summed E-state index contributed by atoms with van der Waals surface area (Å²) in [7, 11) is 0. The predicted octanol–water partition coefficient (Wildman–Crippen LogP) is 6.04. The van der Waals surface area contributed by atoms with Gasteiger partial charge in [0.05, 0.1) is 17.1 Å². The maximum absolute atomic E-state index is 13.4. The Balaban J connectivity index is 1.49. The minimum Gasteiger partial charge on any atom is -0.488 e. The largest absolute Gasteiger partial charge is 0.488 e. The molecular weight excluding hydrogens is 429 g/mol. The van der Waals surface area contributed by atoms with Crippen molar-refractivity contribution in [3.05, 3.63) is 106 Å². The van der Waals surface area contributed by atoms with Crippen LogP contribution >= 0.6 is 0 Å². The summed E-state index contributed by atoms with van der Waals surface area (Å²) >= 11 is 0. The molecule has 3 aromatic carbocycles. The number of para-hydroxylation sites is 2. The number of halogens is 1. The van der Waals surface area contributed by atoms with Crippen molar-refractivity contribution in [2.24, 2.45) is 5.10 Å². The van der Waals surface area contributed by atoms with E-state index < -0.39 is 0 Å². The fourth-order valence-electron chi connectivity index (χ4n) is 4.46. The van der Waals surface area contributed by atoms with E-state index in [-0.39, 0.29) is 17.3 Å². The third-order valence-electron chi connectivity index (χ3n) is 6.29. The summed E-state index contributed by atoms with van der Waals surface area (Å²) in [5.74, 6) is 1.30. The number of nitrogens with zero attached hydrogens (tertiary/aromatic N) is 3. The molecule has 1 fully saturated rings. The van der Waals surface area contributed by atoms with E-state index in [0.29, 0.717) is 23.3 Å². The molecular formula is C28H26FN3O2. The summed E-state index contributed by atoms with van der Waals surface area (Å²) in [6.07, 6.45) is 7.17. The van der Waals surface area contributed by atoms with E-state index in [1.165, 1.54) is 23.2 Å². The van der Waals surface area contributed by atoms with Crippen LogP contribution in [0.1, 0.15) is 55.0 Å². The monoisotopic (exact) mass is 455 g/mol. The minimum absolute atomic E-state index is 0.160. The molecule has 0 N–H and O–H groups in total. The van der Waals surface area contributed by atoms with Crippen LogP contribution in [-0.2, 0) is 6.61 Å². The van der Waals surface area contributed by atoms with Gasteiger partial charge in [0.25, 0.3) is 5.56 Å². The zero-order valence-corrected chi connectivity index (χ0v) is 18.9. The van der Waals surface area contributed by atoms with Crippen LogP contribution in [0, 0.1) is 5.82 Å². The molecule has 1 heterocycles. The van der Waals surface area contributed by atoms with Crippen LogP contribution in [0.3, 0.4) is 0 Å². The summed E-state index contributed by atoms with van der Waals surface area (Å²) in [5.41, 5.74) is 2.16. The van der Waals surface area contributed by atoms with Crippen LogP contribution in [0.2, 0.25) is 0 Å². The maximum Gasteiger partial charge on any atom is 0.282 e. The van der Waals surface area contributed by atoms with Crippen LogP contribution in [0.4, 0.5) is 4.39 Å². The molecule has 0 radical (unpaired) electrons. The summed E-state index contributed by atoms with van der Waals surface area (Å²) in [6, 6.07) is 21.2. The smallest absolute Gasteiger partial charge is 0.282 e. The first-order chi connectivity index (χ1) is 16.7. The summed E-state index contributed by atoms with van der Waals surface area (Å²) in [6.45, 7) is 0.302. The van der Waals surface area contributed by atoms with Gasteiger partial charge in [0.1, 0.15) is 24.0 Å². The maximum atomic E-state index is 13.4. The average Bonchev–Trinajstić information content (AvgIpc) is 2.89. The lowest BCUT2D eigenvalue weighted by Gasteiger charge is -2.22. The summed E-state index contributed by atoms with van der Waals surface area (Å²) in [4.78, 5) is 18.2. The lowest BCUT2D eigenvalue weighted by molar-refractivity contribution is 0.305. The first-order valence-electron chi connectivity index (χ1n) is 11.7. The van der Waals surface area contributed by atoms with Crippen molar-refractivity contribution in [1.29, 1.82) is 0 Å². The van der Waals surface area contributed by atoms with Gasteiger partial charge in [0.2, 0.25) is 0 Å². The second-order valence-electron chi connectivity index (χ2n) is 8.64. The van der Waals surface area contributed by atoms with Crippen molar-refractivity contribution in [1.82, 2.24) is 9.66 Å². The van der Waals surface area contributed by atoms with Gasteiger partial charge in [-0.1, -0.05) is 55.7 Å². The quantitative estimate of drug-likeness (QED) is 0.333. The average molecular weight is 456 g/mol. The topological polar surface area (TPSA) is 56.5 Å². The summed E-state index contributed by atoms with van der Waals surface area (Å²) in [5, 5.41) is 5.17. The van der Waals surface area contributed by atoms with Crippen molar-refractivity contribution < 1.29 is 9.13 Å². The van der Waals surface area contributed by atoms with E-state index in [9.17, 15) is 9.18 Å². The normalized spacial score (nSPS) is 14.6. The van der Waals surface area contributed by atoms with Crippen LogP contribution in [0.25, 0.3) is 10.9 Å². The molecule has 0 aliphatic heterocycles. The molecule has 5 nitrogen and oxygen atoms in total. The standard InChI is InChI=1S/C28H26FN3O2/c29-23-16-14-20(15-17-23)19-34-26-13-7-4-10-22(26)18-30-32-27(21-8-2-1-3-9-21)31-25-12-6-5-11-24(25)28(32)33/h4-7,10-18,21H,1-3,8-9,19H2. The van der Waals surface area contributed by atoms with Crippen LogP contribution in [0.5, 0.6) is 5.75 Å². The van der Waals surface area contributed by atoms with E-state index in [1.807, 2.05) is 42.5 Å². The van der Waals surface area contributed by atoms with Gasteiger partial charge in [0.15, 0.2) is 0 Å². The number of hydrogen-bond acceptors (Lipinski definition) is 4. The van der Waals surface area contributed by atoms with Crippen molar-refractivity contribution in [3.63, 3.8) is 0 Å². The second kappa shape index (κ2) is 10.00. The Morgan fingerprint density at radius 3 is 2.53 bits per heavy atom. The zero-order valence-electron chi connectivity index (χ0n) is 18.9. The van der Waals surface area contributed by atoms with Gasteiger partial charge in [-0.15, -0.1) is 0 Å². The SMILES string of the molecule is O=c1c2ccccc2nc(C2CCCCC2)n1N=Cc1ccccc1OCc1ccc(F)cc1. The molecule has 34 heavy (non-hydrogen) atoms. The molecule has 172 valence electrons. The Hall–Kier alpha value is -3.80. The molecule has 1 aromatic heterocycles. The van der Waals surface area contributed by atoms with E-state index in [2.05, 4.69) is 5.10 Å². The number of ether oxygens (including phenoxy) is 1. The van der Waals surface area contributed by atoms with Gasteiger partial charge >= 0.3 is 0 Å². The molecule has 0 atom stereocenters. The zero-order chi connectivity index (χ0) is 23.3. The van der Waals surface area contributed by atoms with Crippen molar-refractivity contribution in [3.8, 4) is 5.75 Å². The highest BCUT2D eigenvalue weighted by molar-refractivity contribution is 5.83. The van der Waals surface area contributed by atoms with Crippen molar-refractivity contribution in [2.75, 3.05) is 0 Å². The Morgan fingerprint density at radius 2 is 1.71 bits per heavy atom. The van der Waals surface area contributed by atoms with Gasteiger partial charge in [-0.05, 0) is 54.8 Å². The lowest BCUT2D eigenvalue weighted by Crippen LogP contribution is -2.25. The molecule has 0 saturated heterocycles. The van der Waals surface area contributed by atoms with E-state index >= 15 is 0 Å². The molecule has 0 spiro atoms. The van der Waals surface area contributed by atoms with Gasteiger partial charge in [-0.25, -0.2) is 9.37 Å². The molecule has 1 aliphatic carbocycles. The Morgan fingerprint density at radius 1 is 0.971 bits per heavy atom. The molecule has 0 bridgehead atoms. The molecule has 1 saturated carbocycles. The fourth-order valence-corrected chi connectivity index (χ4v) is 4.46. The fraction of sp³-hybridized carbons (Fsp3) is 0.250. The van der Waals surface area contributed by atoms with Crippen LogP contribution in [0.15, 0.2) is 82.7 Å². The Kier molecular flexibility index (Phi) is 6.47. The van der Waals surface area contributed by atoms with Crippen LogP contribution in [-0.4, -0.2) is 15.9 Å². The van der Waals surface area contributed by atoms with Crippen molar-refractivity contribution in [2.45, 2.75) is 44.6 Å². The first kappa shape index (κ1) is 22.0. The number of aromatic nitrogens is 2. The highest BCUT2D eigenvalue weighted by atomic mass is 19.1. The lowest BCUT2D eigenvalue weighted by atomic mass is 9.88. The van der Waals surface area contributed by atoms with E-state index in [4.69, 9.17) is 9.72 Å². The number of fused-ring (bicyclic) bond motifs is 1. The van der Waals surface area contributed by atoms with Gasteiger partial charge in [-0.3, -0.25) is 4.79 Å². The number of benzene rings is 3. The molecule has 1 aliphatic rings. The first-order valence-corrected chi connectivity index (χ1v) is 11.7. The summed E-state index contributed by atoms with van der Waals surface area (Å²) < 4.78 is 20.6. The molecule has 5 rings (SSSR count). The van der Waals surface area contributed by atoms with Crippen molar-refractivity contribution >= 4 is 17.1 Å². The Labute approximate surface area is 197 Å². The third-order valence-corrected chi connectivity index (χ3v) is 6.29.